The first-order chi connectivity index (χ1) is 7.97. The molecule has 0 saturated heterocycles. The average Bonchev–Trinajstić information content (AvgIpc) is 2.22. The number of ether oxygens (including phenoxy) is 1. The Labute approximate surface area is 109 Å². The van der Waals surface area contributed by atoms with E-state index >= 15 is 0 Å². The molecular formula is C11H13Cl2NO3. The summed E-state index contributed by atoms with van der Waals surface area (Å²) in [6, 6.07) is 5.01. The number of primary amides is 1. The number of carbonyl (C=O) groups is 1. The van der Waals surface area contributed by atoms with E-state index in [1.165, 1.54) is 0 Å². The minimum atomic E-state index is -0.904. The minimum Gasteiger partial charge on any atom is -0.446 e. The van der Waals surface area contributed by atoms with E-state index in [0.29, 0.717) is 15.6 Å². The van der Waals surface area contributed by atoms with Crippen molar-refractivity contribution in [3.05, 3.63) is 33.8 Å². The summed E-state index contributed by atoms with van der Waals surface area (Å²) in [5.74, 6) is -0.510. The zero-order chi connectivity index (χ0) is 13.0. The van der Waals surface area contributed by atoms with Crippen LogP contribution in [0.25, 0.3) is 0 Å². The average molecular weight is 278 g/mol. The number of nitrogens with two attached hydrogens (primary N) is 1. The van der Waals surface area contributed by atoms with Gasteiger partial charge in [0.1, 0.15) is 6.10 Å². The molecular weight excluding hydrogens is 265 g/mol. The minimum absolute atomic E-state index is 0.252. The highest BCUT2D eigenvalue weighted by atomic mass is 35.5. The number of aliphatic hydroxyl groups is 1. The van der Waals surface area contributed by atoms with Gasteiger partial charge in [0.25, 0.3) is 0 Å². The largest absolute Gasteiger partial charge is 0.446 e. The number of aliphatic hydroxyl groups excluding tert-OH is 1. The third kappa shape index (κ3) is 3.49. The van der Waals surface area contributed by atoms with Crippen molar-refractivity contribution < 1.29 is 14.6 Å². The fourth-order valence-corrected chi connectivity index (χ4v) is 2.28. The molecule has 1 aromatic rings. The monoisotopic (exact) mass is 277 g/mol. The van der Waals surface area contributed by atoms with Gasteiger partial charge in [-0.2, -0.15) is 0 Å². The summed E-state index contributed by atoms with van der Waals surface area (Å²) in [5, 5.41) is 10.2. The van der Waals surface area contributed by atoms with Crippen molar-refractivity contribution in [2.75, 3.05) is 6.61 Å². The molecule has 0 saturated carbocycles. The molecule has 0 fully saturated rings. The lowest BCUT2D eigenvalue weighted by atomic mass is 9.95. The molecule has 0 aliphatic heterocycles. The fourth-order valence-electron chi connectivity index (χ4n) is 1.60. The SMILES string of the molecule is CC(OC(N)=O)C(CO)c1c(Cl)cccc1Cl. The number of benzene rings is 1. The van der Waals surface area contributed by atoms with Crippen molar-refractivity contribution in [1.29, 1.82) is 0 Å². The number of hydrogen-bond acceptors (Lipinski definition) is 3. The third-order valence-corrected chi connectivity index (χ3v) is 3.10. The molecule has 4 nitrogen and oxygen atoms in total. The predicted molar refractivity (Wildman–Crippen MR) is 66.4 cm³/mol. The Morgan fingerprint density at radius 1 is 1.47 bits per heavy atom. The Morgan fingerprint density at radius 2 is 2.00 bits per heavy atom. The second-order valence-electron chi connectivity index (χ2n) is 3.57. The summed E-state index contributed by atoms with van der Waals surface area (Å²) < 4.78 is 4.83. The molecule has 2 unspecified atom stereocenters. The van der Waals surface area contributed by atoms with E-state index < -0.39 is 18.1 Å². The molecule has 17 heavy (non-hydrogen) atoms. The molecule has 0 bridgehead atoms. The van der Waals surface area contributed by atoms with E-state index in [9.17, 15) is 9.90 Å². The van der Waals surface area contributed by atoms with Gasteiger partial charge in [0.05, 0.1) is 6.61 Å². The second-order valence-corrected chi connectivity index (χ2v) is 4.38. The Morgan fingerprint density at radius 3 is 2.41 bits per heavy atom. The van der Waals surface area contributed by atoms with E-state index in [-0.39, 0.29) is 6.61 Å². The molecule has 3 N–H and O–H groups in total. The van der Waals surface area contributed by atoms with Gasteiger partial charge in [-0.3, -0.25) is 0 Å². The highest BCUT2D eigenvalue weighted by Crippen LogP contribution is 2.34. The van der Waals surface area contributed by atoms with E-state index in [4.69, 9.17) is 33.7 Å². The summed E-state index contributed by atoms with van der Waals surface area (Å²) in [5.41, 5.74) is 5.48. The van der Waals surface area contributed by atoms with E-state index in [1.54, 1.807) is 25.1 Å². The Kier molecular flexibility index (Phi) is 5.05. The highest BCUT2D eigenvalue weighted by molar-refractivity contribution is 6.36. The molecule has 0 heterocycles. The highest BCUT2D eigenvalue weighted by Gasteiger charge is 2.25. The van der Waals surface area contributed by atoms with Crippen molar-refractivity contribution >= 4 is 29.3 Å². The quantitative estimate of drug-likeness (QED) is 0.889. The molecule has 1 aromatic carbocycles. The molecule has 2 atom stereocenters. The Bertz CT molecular complexity index is 391. The summed E-state index contributed by atoms with van der Waals surface area (Å²) in [7, 11) is 0. The maximum absolute atomic E-state index is 10.7. The van der Waals surface area contributed by atoms with Crippen molar-refractivity contribution in [1.82, 2.24) is 0 Å². The van der Waals surface area contributed by atoms with Crippen LogP contribution in [-0.2, 0) is 4.74 Å². The number of rotatable bonds is 4. The summed E-state index contributed by atoms with van der Waals surface area (Å²) in [6.07, 6.45) is -1.52. The van der Waals surface area contributed by atoms with Crippen molar-refractivity contribution in [2.45, 2.75) is 18.9 Å². The lowest BCUT2D eigenvalue weighted by Gasteiger charge is -2.23. The first-order valence-corrected chi connectivity index (χ1v) is 5.73. The van der Waals surface area contributed by atoms with Gasteiger partial charge in [-0.25, -0.2) is 4.79 Å². The third-order valence-electron chi connectivity index (χ3n) is 2.44. The molecule has 1 rings (SSSR count). The molecule has 1 amide bonds. The van der Waals surface area contributed by atoms with Crippen LogP contribution in [0.4, 0.5) is 4.79 Å². The van der Waals surface area contributed by atoms with E-state index in [0.717, 1.165) is 0 Å². The molecule has 94 valence electrons. The van der Waals surface area contributed by atoms with E-state index in [2.05, 4.69) is 0 Å². The molecule has 0 spiro atoms. The molecule has 0 radical (unpaired) electrons. The van der Waals surface area contributed by atoms with Crippen molar-refractivity contribution in [3.63, 3.8) is 0 Å². The van der Waals surface area contributed by atoms with Crippen LogP contribution >= 0.6 is 23.2 Å². The maximum Gasteiger partial charge on any atom is 0.404 e. The predicted octanol–water partition coefficient (Wildman–Crippen LogP) is 2.55. The van der Waals surface area contributed by atoms with Gasteiger partial charge in [-0.15, -0.1) is 0 Å². The standard InChI is InChI=1S/C11H13Cl2NO3/c1-6(17-11(14)16)7(5-15)10-8(12)3-2-4-9(10)13/h2-4,6-7,15H,5H2,1H3,(H2,14,16). The number of halogens is 2. The van der Waals surface area contributed by atoms with Gasteiger partial charge in [0, 0.05) is 16.0 Å². The van der Waals surface area contributed by atoms with E-state index in [1.807, 2.05) is 0 Å². The van der Waals surface area contributed by atoms with Crippen molar-refractivity contribution in [2.24, 2.45) is 5.73 Å². The van der Waals surface area contributed by atoms with Crippen molar-refractivity contribution in [3.8, 4) is 0 Å². The van der Waals surface area contributed by atoms with Crippen LogP contribution in [0.3, 0.4) is 0 Å². The van der Waals surface area contributed by atoms with Crippen LogP contribution in [-0.4, -0.2) is 23.9 Å². The molecule has 0 aromatic heterocycles. The summed E-state index contributed by atoms with van der Waals surface area (Å²) >= 11 is 12.0. The fraction of sp³-hybridized carbons (Fsp3) is 0.364. The van der Waals surface area contributed by atoms with Gasteiger partial charge in [-0.05, 0) is 24.6 Å². The number of amides is 1. The second kappa shape index (κ2) is 6.10. The number of hydrogen-bond donors (Lipinski definition) is 2. The molecule has 0 aliphatic rings. The maximum atomic E-state index is 10.7. The molecule has 0 aliphatic carbocycles. The lowest BCUT2D eigenvalue weighted by Crippen LogP contribution is -2.28. The van der Waals surface area contributed by atoms with Gasteiger partial charge in [0.2, 0.25) is 0 Å². The van der Waals surface area contributed by atoms with Gasteiger partial charge in [-0.1, -0.05) is 29.3 Å². The summed E-state index contributed by atoms with van der Waals surface area (Å²) in [4.78, 5) is 10.7. The smallest absolute Gasteiger partial charge is 0.404 e. The first-order valence-electron chi connectivity index (χ1n) is 4.98. The molecule has 6 heteroatoms. The van der Waals surface area contributed by atoms with Crippen LogP contribution in [0.1, 0.15) is 18.4 Å². The van der Waals surface area contributed by atoms with Gasteiger partial charge in [0.15, 0.2) is 0 Å². The zero-order valence-corrected chi connectivity index (χ0v) is 10.7. The van der Waals surface area contributed by atoms with Crippen LogP contribution < -0.4 is 5.73 Å². The Balaban J connectivity index is 3.05. The first kappa shape index (κ1) is 14.1. The number of carbonyl (C=O) groups excluding carboxylic acids is 1. The van der Waals surface area contributed by atoms with Gasteiger partial charge >= 0.3 is 6.09 Å². The topological polar surface area (TPSA) is 72.5 Å². The van der Waals surface area contributed by atoms with Crippen LogP contribution in [0.5, 0.6) is 0 Å². The lowest BCUT2D eigenvalue weighted by molar-refractivity contribution is 0.0820. The van der Waals surface area contributed by atoms with Crippen LogP contribution in [0, 0.1) is 0 Å². The normalized spacial score (nSPS) is 14.1. The van der Waals surface area contributed by atoms with Crippen LogP contribution in [0.2, 0.25) is 10.0 Å². The Hall–Kier alpha value is -0.970. The summed E-state index contributed by atoms with van der Waals surface area (Å²) in [6.45, 7) is 1.36. The van der Waals surface area contributed by atoms with Gasteiger partial charge < -0.3 is 15.6 Å². The van der Waals surface area contributed by atoms with Crippen LogP contribution in [0.15, 0.2) is 18.2 Å². The zero-order valence-electron chi connectivity index (χ0n) is 9.19.